The van der Waals surface area contributed by atoms with Crippen molar-refractivity contribution in [3.05, 3.63) is 58.4 Å². The van der Waals surface area contributed by atoms with E-state index in [-0.39, 0.29) is 23.3 Å². The van der Waals surface area contributed by atoms with Crippen LogP contribution in [0.25, 0.3) is 22.1 Å². The van der Waals surface area contributed by atoms with Crippen LogP contribution >= 0.6 is 0 Å². The molecule has 3 rings (SSSR count). The highest BCUT2D eigenvalue weighted by atomic mass is 19.4. The molecule has 0 bridgehead atoms. The Balaban J connectivity index is 1.70. The Hall–Kier alpha value is -3.92. The van der Waals surface area contributed by atoms with Crippen LogP contribution in [0.3, 0.4) is 0 Å². The molecule has 55 heavy (non-hydrogen) atoms. The van der Waals surface area contributed by atoms with Gasteiger partial charge >= 0.3 is 35.3 Å². The summed E-state index contributed by atoms with van der Waals surface area (Å²) in [6, 6.07) is 10.6. The predicted molar refractivity (Wildman–Crippen MR) is 192 cm³/mol. The number of hydrogen-bond acceptors (Lipinski definition) is 8. The molecular formula is C39H50F8N2O6. The minimum atomic E-state index is -6.59. The third-order valence-electron chi connectivity index (χ3n) is 9.66. The molecular weight excluding hydrogens is 744 g/mol. The van der Waals surface area contributed by atoms with Crippen LogP contribution < -0.4 is 26.6 Å². The minimum Gasteiger partial charge on any atom is -0.496 e. The lowest BCUT2D eigenvalue weighted by Crippen LogP contribution is -2.62. The maximum absolute atomic E-state index is 14.7. The second kappa shape index (κ2) is 16.7. The molecule has 0 aliphatic carbocycles. The molecule has 0 radical (unpaired) electrons. The van der Waals surface area contributed by atoms with Crippen molar-refractivity contribution < 1.29 is 58.5 Å². The van der Waals surface area contributed by atoms with Crippen LogP contribution in [0.1, 0.15) is 85.6 Å². The third-order valence-corrected chi connectivity index (χ3v) is 9.66. The molecule has 0 amide bonds. The molecule has 308 valence electrons. The van der Waals surface area contributed by atoms with E-state index in [4.69, 9.17) is 30.1 Å². The van der Waals surface area contributed by atoms with E-state index in [0.29, 0.717) is 16.7 Å². The maximum Gasteiger partial charge on any atom is 0.378 e. The number of ether oxygens (including phenoxy) is 3. The number of aryl methyl sites for hydroxylation is 1. The highest BCUT2D eigenvalue weighted by molar-refractivity contribution is 5.84. The predicted octanol–water partition coefficient (Wildman–Crippen LogP) is 9.32. The second-order valence-corrected chi connectivity index (χ2v) is 15.4. The van der Waals surface area contributed by atoms with Crippen LogP contribution in [0.15, 0.2) is 51.7 Å². The van der Waals surface area contributed by atoms with E-state index in [2.05, 4.69) is 6.92 Å². The standard InChI is InChI=1S/C39H50F8N2O6/c1-8-9-10-11-24-12-15-27(30(20-24)52-7)28-21-25-13-14-26(22-29(25)55-31(28)50)53-18-16-36(40,41)38(44,45)39(46,47)37(42,43)17-19-54-32(51)35(6,34(4,5)49)23-33(2,3)48/h12-15,20-22H,8-11,16-19,23,48-49H2,1-7H3. The van der Waals surface area contributed by atoms with Gasteiger partial charge in [-0.1, -0.05) is 31.9 Å². The van der Waals surface area contributed by atoms with Crippen molar-refractivity contribution in [2.75, 3.05) is 20.3 Å². The van der Waals surface area contributed by atoms with Crippen molar-refractivity contribution in [3.8, 4) is 22.6 Å². The maximum atomic E-state index is 14.7. The number of rotatable bonds is 20. The summed E-state index contributed by atoms with van der Waals surface area (Å²) in [5.74, 6) is -25.7. The molecule has 1 aromatic heterocycles. The summed E-state index contributed by atoms with van der Waals surface area (Å²) in [5, 5.41) is 0.361. The summed E-state index contributed by atoms with van der Waals surface area (Å²) in [4.78, 5) is 25.8. The van der Waals surface area contributed by atoms with E-state index in [0.717, 1.165) is 37.3 Å². The molecule has 1 atom stereocenters. The first-order chi connectivity index (χ1) is 25.1. The van der Waals surface area contributed by atoms with E-state index in [9.17, 15) is 44.7 Å². The van der Waals surface area contributed by atoms with Crippen molar-refractivity contribution >= 4 is 16.9 Å². The number of carbonyl (C=O) groups excluding carboxylic acids is 1. The molecule has 0 fully saturated rings. The quantitative estimate of drug-likeness (QED) is 0.0502. The van der Waals surface area contributed by atoms with Crippen molar-refractivity contribution in [1.82, 2.24) is 0 Å². The number of esters is 1. The Labute approximate surface area is 314 Å². The molecule has 4 N–H and O–H groups in total. The fraction of sp³-hybridized carbons (Fsp3) is 0.590. The van der Waals surface area contributed by atoms with Gasteiger partial charge in [-0.2, -0.15) is 35.1 Å². The van der Waals surface area contributed by atoms with Crippen molar-refractivity contribution in [1.29, 1.82) is 0 Å². The average Bonchev–Trinajstić information content (AvgIpc) is 3.06. The van der Waals surface area contributed by atoms with Crippen molar-refractivity contribution in [3.63, 3.8) is 0 Å². The largest absolute Gasteiger partial charge is 0.496 e. The Morgan fingerprint density at radius 2 is 1.38 bits per heavy atom. The van der Waals surface area contributed by atoms with E-state index >= 15 is 0 Å². The highest BCUT2D eigenvalue weighted by Gasteiger charge is 2.79. The van der Waals surface area contributed by atoms with Crippen LogP contribution in [0.4, 0.5) is 35.1 Å². The molecule has 1 heterocycles. The molecule has 0 aliphatic rings. The summed E-state index contributed by atoms with van der Waals surface area (Å²) < 4.78 is 138. The normalized spacial score (nSPS) is 14.5. The summed E-state index contributed by atoms with van der Waals surface area (Å²) in [6.45, 7) is 6.47. The van der Waals surface area contributed by atoms with Crippen LogP contribution in [0, 0.1) is 5.41 Å². The second-order valence-electron chi connectivity index (χ2n) is 15.4. The topological polar surface area (TPSA) is 127 Å². The molecule has 0 aliphatic heterocycles. The third kappa shape index (κ3) is 10.1. The highest BCUT2D eigenvalue weighted by Crippen LogP contribution is 2.54. The minimum absolute atomic E-state index is 0.0764. The SMILES string of the molecule is CCCCCc1ccc(-c2cc3ccc(OCCC(F)(F)C(F)(F)C(F)(F)C(F)(F)CCOC(=O)C(C)(CC(C)(C)N)C(C)(C)N)cc3oc2=O)c(OC)c1. The number of nitrogens with two attached hydrogens (primary N) is 2. The summed E-state index contributed by atoms with van der Waals surface area (Å²) >= 11 is 0. The molecule has 16 heteroatoms. The molecule has 1 unspecified atom stereocenters. The molecule has 0 saturated heterocycles. The van der Waals surface area contributed by atoms with Gasteiger partial charge in [-0.25, -0.2) is 4.79 Å². The smallest absolute Gasteiger partial charge is 0.378 e. The number of fused-ring (bicyclic) bond motifs is 1. The number of benzene rings is 2. The van der Waals surface area contributed by atoms with Gasteiger partial charge in [0.15, 0.2) is 0 Å². The van der Waals surface area contributed by atoms with E-state index in [1.807, 2.05) is 12.1 Å². The average molecular weight is 795 g/mol. The first-order valence-corrected chi connectivity index (χ1v) is 17.8. The number of alkyl halides is 8. The summed E-state index contributed by atoms with van der Waals surface area (Å²) in [7, 11) is 1.46. The van der Waals surface area contributed by atoms with Gasteiger partial charge in [-0.15, -0.1) is 0 Å². The summed E-state index contributed by atoms with van der Waals surface area (Å²) in [6.07, 6.45) is -0.540. The van der Waals surface area contributed by atoms with Gasteiger partial charge in [0.25, 0.3) is 0 Å². The number of carbonyl (C=O) groups is 1. The fourth-order valence-electron chi connectivity index (χ4n) is 6.04. The van der Waals surface area contributed by atoms with Gasteiger partial charge in [-0.3, -0.25) is 4.79 Å². The zero-order valence-electron chi connectivity index (χ0n) is 32.0. The first-order valence-electron chi connectivity index (χ1n) is 17.8. The van der Waals surface area contributed by atoms with Crippen LogP contribution in [0.2, 0.25) is 0 Å². The summed E-state index contributed by atoms with van der Waals surface area (Å²) in [5.41, 5.74) is 8.80. The van der Waals surface area contributed by atoms with Crippen molar-refractivity contribution in [2.24, 2.45) is 16.9 Å². The Morgan fingerprint density at radius 1 is 0.782 bits per heavy atom. The van der Waals surface area contributed by atoms with Crippen LogP contribution in [-0.4, -0.2) is 61.1 Å². The van der Waals surface area contributed by atoms with Gasteiger partial charge in [0, 0.05) is 28.1 Å². The molecule has 8 nitrogen and oxygen atoms in total. The molecule has 3 aromatic rings. The van der Waals surface area contributed by atoms with E-state index in [1.165, 1.54) is 59.9 Å². The van der Waals surface area contributed by atoms with Crippen LogP contribution in [-0.2, 0) is 16.0 Å². The number of unbranched alkanes of at least 4 members (excludes halogenated alkanes) is 2. The monoisotopic (exact) mass is 794 g/mol. The van der Waals surface area contributed by atoms with Gasteiger partial charge in [0.05, 0.1) is 44.1 Å². The zero-order chi connectivity index (χ0) is 41.8. The van der Waals surface area contributed by atoms with Gasteiger partial charge < -0.3 is 30.1 Å². The van der Waals surface area contributed by atoms with Crippen LogP contribution in [0.5, 0.6) is 11.5 Å². The van der Waals surface area contributed by atoms with E-state index in [1.54, 1.807) is 6.07 Å². The number of hydrogen-bond donors (Lipinski definition) is 2. The lowest BCUT2D eigenvalue weighted by atomic mass is 9.67. The first kappa shape index (κ1) is 45.5. The Morgan fingerprint density at radius 3 is 1.93 bits per heavy atom. The number of halogens is 8. The van der Waals surface area contributed by atoms with Gasteiger partial charge in [0.2, 0.25) is 0 Å². The number of methoxy groups -OCH3 is 1. The van der Waals surface area contributed by atoms with Crippen molar-refractivity contribution in [2.45, 2.75) is 121 Å². The molecule has 0 saturated carbocycles. The van der Waals surface area contributed by atoms with Gasteiger partial charge in [0.1, 0.15) is 17.1 Å². The van der Waals surface area contributed by atoms with Gasteiger partial charge in [-0.05, 0) is 83.7 Å². The fourth-order valence-corrected chi connectivity index (χ4v) is 6.04. The molecule has 2 aromatic carbocycles. The lowest BCUT2D eigenvalue weighted by Gasteiger charge is -2.43. The van der Waals surface area contributed by atoms with E-state index < -0.39 is 77.8 Å². The Bertz CT molecular complexity index is 1850. The zero-order valence-corrected chi connectivity index (χ0v) is 32.0. The Kier molecular flexibility index (Phi) is 13.8. The molecule has 0 spiro atoms. The lowest BCUT2D eigenvalue weighted by molar-refractivity contribution is -0.369.